The van der Waals surface area contributed by atoms with Crippen LogP contribution < -0.4 is 5.56 Å². The van der Waals surface area contributed by atoms with Crippen molar-refractivity contribution in [3.63, 3.8) is 0 Å². The number of thiophene rings is 1. The van der Waals surface area contributed by atoms with Gasteiger partial charge in [-0.2, -0.15) is 0 Å². The Bertz CT molecular complexity index is 1370. The first-order chi connectivity index (χ1) is 13.8. The molecule has 0 radical (unpaired) electrons. The minimum Gasteiger partial charge on any atom is -0.322 e. The second-order valence-corrected chi connectivity index (χ2v) is 8.60. The predicted molar refractivity (Wildman–Crippen MR) is 115 cm³/mol. The zero-order valence-corrected chi connectivity index (χ0v) is 16.2. The molecule has 0 amide bonds. The van der Waals surface area contributed by atoms with Crippen LogP contribution in [0, 0.1) is 0 Å². The Kier molecular flexibility index (Phi) is 3.47. The van der Waals surface area contributed by atoms with Crippen molar-refractivity contribution in [3.05, 3.63) is 75.7 Å². The van der Waals surface area contributed by atoms with Crippen LogP contribution in [0.15, 0.2) is 59.7 Å². The van der Waals surface area contributed by atoms with Gasteiger partial charge in [0.05, 0.1) is 16.4 Å². The fourth-order valence-corrected chi connectivity index (χ4v) is 5.81. The third kappa shape index (κ3) is 2.23. The molecule has 3 aromatic heterocycles. The summed E-state index contributed by atoms with van der Waals surface area (Å²) < 4.78 is 3.99. The molecule has 0 atom stereocenters. The number of aromatic nitrogens is 3. The molecule has 5 heteroatoms. The van der Waals surface area contributed by atoms with Crippen molar-refractivity contribution in [1.82, 2.24) is 14.1 Å². The van der Waals surface area contributed by atoms with E-state index in [-0.39, 0.29) is 5.56 Å². The van der Waals surface area contributed by atoms with Gasteiger partial charge in [0.25, 0.3) is 5.56 Å². The van der Waals surface area contributed by atoms with Crippen LogP contribution in [0.3, 0.4) is 0 Å². The quantitative estimate of drug-likeness (QED) is 0.431. The highest BCUT2D eigenvalue weighted by Crippen LogP contribution is 2.33. The average molecular weight is 385 g/mol. The molecule has 0 saturated carbocycles. The molecule has 0 saturated heterocycles. The van der Waals surface area contributed by atoms with Gasteiger partial charge in [0.15, 0.2) is 0 Å². The van der Waals surface area contributed by atoms with E-state index < -0.39 is 0 Å². The molecule has 1 aliphatic rings. The number of rotatable bonds is 2. The van der Waals surface area contributed by atoms with Crippen molar-refractivity contribution >= 4 is 43.4 Å². The van der Waals surface area contributed by atoms with Crippen LogP contribution in [0.2, 0.25) is 0 Å². The minimum atomic E-state index is 0.0891. The Labute approximate surface area is 165 Å². The van der Waals surface area contributed by atoms with Gasteiger partial charge < -0.3 is 4.57 Å². The van der Waals surface area contributed by atoms with E-state index in [1.807, 2.05) is 0 Å². The highest BCUT2D eigenvalue weighted by molar-refractivity contribution is 7.18. The van der Waals surface area contributed by atoms with Crippen molar-refractivity contribution in [3.8, 4) is 0 Å². The number of hydrogen-bond acceptors (Lipinski definition) is 3. The van der Waals surface area contributed by atoms with Gasteiger partial charge in [-0.1, -0.05) is 36.4 Å². The first kappa shape index (κ1) is 16.1. The molecule has 0 aliphatic heterocycles. The molecule has 4 nitrogen and oxygen atoms in total. The topological polar surface area (TPSA) is 39.8 Å². The Morgan fingerprint density at radius 2 is 1.61 bits per heavy atom. The summed E-state index contributed by atoms with van der Waals surface area (Å²) >= 11 is 1.70. The predicted octanol–water partition coefficient (Wildman–Crippen LogP) is 4.95. The fourth-order valence-electron chi connectivity index (χ4n) is 4.59. The van der Waals surface area contributed by atoms with Crippen LogP contribution in [0.4, 0.5) is 0 Å². The monoisotopic (exact) mass is 385 g/mol. The van der Waals surface area contributed by atoms with Gasteiger partial charge in [-0.3, -0.25) is 9.36 Å². The largest absolute Gasteiger partial charge is 0.322 e. The number of benzene rings is 2. The maximum Gasteiger partial charge on any atom is 0.263 e. The first-order valence-corrected chi connectivity index (χ1v) is 10.6. The normalized spacial score (nSPS) is 14.1. The van der Waals surface area contributed by atoms with E-state index in [0.29, 0.717) is 6.67 Å². The lowest BCUT2D eigenvalue weighted by molar-refractivity contribution is 0.614. The van der Waals surface area contributed by atoms with Gasteiger partial charge in [-0.25, -0.2) is 4.98 Å². The van der Waals surface area contributed by atoms with Gasteiger partial charge in [0.2, 0.25) is 0 Å². The van der Waals surface area contributed by atoms with E-state index in [1.165, 1.54) is 34.1 Å². The van der Waals surface area contributed by atoms with E-state index in [1.54, 1.807) is 22.2 Å². The summed E-state index contributed by atoms with van der Waals surface area (Å²) in [6.07, 6.45) is 6.19. The molecule has 0 N–H and O–H groups in total. The zero-order valence-electron chi connectivity index (χ0n) is 15.4. The van der Waals surface area contributed by atoms with Gasteiger partial charge in [0.1, 0.15) is 17.8 Å². The molecule has 6 rings (SSSR count). The lowest BCUT2D eigenvalue weighted by atomic mass is 9.97. The first-order valence-electron chi connectivity index (χ1n) is 9.77. The van der Waals surface area contributed by atoms with Gasteiger partial charge in [-0.05, 0) is 43.4 Å². The molecular formula is C23H19N3OS. The molecule has 0 fully saturated rings. The van der Waals surface area contributed by atoms with Gasteiger partial charge in [0, 0.05) is 15.6 Å². The second kappa shape index (κ2) is 6.04. The highest BCUT2D eigenvalue weighted by Gasteiger charge is 2.20. The van der Waals surface area contributed by atoms with Crippen molar-refractivity contribution in [2.45, 2.75) is 32.4 Å². The van der Waals surface area contributed by atoms with Crippen LogP contribution in [0.5, 0.6) is 0 Å². The van der Waals surface area contributed by atoms with Crippen molar-refractivity contribution in [2.75, 3.05) is 0 Å². The highest BCUT2D eigenvalue weighted by atomic mass is 32.1. The van der Waals surface area contributed by atoms with E-state index in [9.17, 15) is 4.79 Å². The SMILES string of the molecule is O=c1c2c3c(sc2ncn1Cn1c2ccccc2c2ccccc21)CCCC3. The number of hydrogen-bond donors (Lipinski definition) is 0. The van der Waals surface area contributed by atoms with Crippen LogP contribution in [-0.2, 0) is 19.5 Å². The Morgan fingerprint density at radius 1 is 0.929 bits per heavy atom. The van der Waals surface area contributed by atoms with Crippen molar-refractivity contribution < 1.29 is 0 Å². The van der Waals surface area contributed by atoms with Gasteiger partial charge >= 0.3 is 0 Å². The molecule has 138 valence electrons. The second-order valence-electron chi connectivity index (χ2n) is 7.51. The summed E-state index contributed by atoms with van der Waals surface area (Å²) in [4.78, 5) is 20.3. The molecule has 0 spiro atoms. The third-order valence-electron chi connectivity index (χ3n) is 5.92. The molecule has 0 bridgehead atoms. The zero-order chi connectivity index (χ0) is 18.7. The third-order valence-corrected chi connectivity index (χ3v) is 7.12. The number of nitrogens with zero attached hydrogens (tertiary/aromatic N) is 3. The molecule has 28 heavy (non-hydrogen) atoms. The van der Waals surface area contributed by atoms with E-state index in [4.69, 9.17) is 0 Å². The van der Waals surface area contributed by atoms with Crippen LogP contribution in [-0.4, -0.2) is 14.1 Å². The summed E-state index contributed by atoms with van der Waals surface area (Å²) in [5.74, 6) is 0. The van der Waals surface area contributed by atoms with E-state index in [2.05, 4.69) is 58.1 Å². The van der Waals surface area contributed by atoms with Crippen molar-refractivity contribution in [2.24, 2.45) is 0 Å². The minimum absolute atomic E-state index is 0.0891. The van der Waals surface area contributed by atoms with E-state index in [0.717, 1.165) is 34.1 Å². The standard InChI is InChI=1S/C23H19N3OS/c27-23-21-17-9-3-6-12-20(17)28-22(21)24-13-25(23)14-26-18-10-4-1-7-15(18)16-8-2-5-11-19(16)26/h1-2,4-5,7-8,10-11,13H,3,6,9,12,14H2. The summed E-state index contributed by atoms with van der Waals surface area (Å²) in [6, 6.07) is 16.8. The van der Waals surface area contributed by atoms with Crippen LogP contribution in [0.25, 0.3) is 32.0 Å². The summed E-state index contributed by atoms with van der Waals surface area (Å²) in [5, 5.41) is 3.28. The summed E-state index contributed by atoms with van der Waals surface area (Å²) in [7, 11) is 0. The fraction of sp³-hybridized carbons (Fsp3) is 0.217. The molecular weight excluding hydrogens is 366 g/mol. The Morgan fingerprint density at radius 3 is 2.36 bits per heavy atom. The molecule has 5 aromatic rings. The van der Waals surface area contributed by atoms with E-state index >= 15 is 0 Å². The Hall–Kier alpha value is -2.92. The average Bonchev–Trinajstić information content (AvgIpc) is 3.27. The lowest BCUT2D eigenvalue weighted by Crippen LogP contribution is -2.24. The van der Waals surface area contributed by atoms with Crippen LogP contribution >= 0.6 is 11.3 Å². The van der Waals surface area contributed by atoms with Crippen molar-refractivity contribution in [1.29, 1.82) is 0 Å². The maximum absolute atomic E-state index is 13.4. The van der Waals surface area contributed by atoms with Crippen LogP contribution in [0.1, 0.15) is 23.3 Å². The molecule has 3 heterocycles. The number of para-hydroxylation sites is 2. The smallest absolute Gasteiger partial charge is 0.263 e. The molecule has 0 unspecified atom stereocenters. The Balaban J connectivity index is 1.58. The lowest BCUT2D eigenvalue weighted by Gasteiger charge is -2.12. The number of aryl methyl sites for hydroxylation is 2. The summed E-state index contributed by atoms with van der Waals surface area (Å²) in [5.41, 5.74) is 3.62. The number of fused-ring (bicyclic) bond motifs is 6. The molecule has 2 aromatic carbocycles. The molecule has 1 aliphatic carbocycles. The summed E-state index contributed by atoms with van der Waals surface area (Å²) in [6.45, 7) is 0.473. The maximum atomic E-state index is 13.4. The van der Waals surface area contributed by atoms with Gasteiger partial charge in [-0.15, -0.1) is 11.3 Å².